The molecule has 102 valence electrons. The summed E-state index contributed by atoms with van der Waals surface area (Å²) in [5, 5.41) is 0. The minimum atomic E-state index is 0.581. The smallest absolute Gasteiger partial charge is 0.0283 e. The SMILES string of the molecule is CC.CCC1Cc2ccccc2C#Cc2ccccc21. The van der Waals surface area contributed by atoms with Gasteiger partial charge in [-0.25, -0.2) is 0 Å². The highest BCUT2D eigenvalue weighted by Gasteiger charge is 2.16. The summed E-state index contributed by atoms with van der Waals surface area (Å²) in [5.41, 5.74) is 5.16. The molecule has 1 atom stereocenters. The second kappa shape index (κ2) is 6.96. The van der Waals surface area contributed by atoms with E-state index in [0.717, 1.165) is 12.8 Å². The second-order valence-electron chi connectivity index (χ2n) is 4.80. The minimum absolute atomic E-state index is 0.581. The van der Waals surface area contributed by atoms with Gasteiger partial charge in [0.1, 0.15) is 0 Å². The quantitative estimate of drug-likeness (QED) is 0.622. The van der Waals surface area contributed by atoms with Crippen molar-refractivity contribution in [3.05, 3.63) is 70.8 Å². The summed E-state index contributed by atoms with van der Waals surface area (Å²) in [6.07, 6.45) is 2.26. The molecule has 0 radical (unpaired) electrons. The van der Waals surface area contributed by atoms with Crippen molar-refractivity contribution in [2.75, 3.05) is 0 Å². The topological polar surface area (TPSA) is 0 Å². The maximum atomic E-state index is 3.34. The molecule has 0 aromatic heterocycles. The minimum Gasteiger partial charge on any atom is -0.0683 e. The zero-order valence-corrected chi connectivity index (χ0v) is 12.6. The van der Waals surface area contributed by atoms with E-state index in [1.807, 2.05) is 13.8 Å². The van der Waals surface area contributed by atoms with E-state index in [1.165, 1.54) is 22.3 Å². The normalized spacial score (nSPS) is 15.2. The molecule has 0 amide bonds. The van der Waals surface area contributed by atoms with Crippen LogP contribution >= 0.6 is 0 Å². The Kier molecular flexibility index (Phi) is 5.02. The lowest BCUT2D eigenvalue weighted by molar-refractivity contribution is 0.657. The van der Waals surface area contributed by atoms with Crippen LogP contribution in [0, 0.1) is 11.8 Å². The molecular weight excluding hydrogens is 240 g/mol. The average molecular weight is 262 g/mol. The van der Waals surface area contributed by atoms with Gasteiger partial charge in [-0.1, -0.05) is 69.0 Å². The van der Waals surface area contributed by atoms with Gasteiger partial charge in [0, 0.05) is 11.1 Å². The number of fused-ring (bicyclic) bond motifs is 2. The molecule has 0 heteroatoms. The van der Waals surface area contributed by atoms with E-state index in [9.17, 15) is 0 Å². The highest BCUT2D eigenvalue weighted by atomic mass is 14.2. The standard InChI is InChI=1S/C18H16.C2H6/c1-2-14-13-17-9-4-3-7-15(17)11-12-16-8-5-6-10-18(14)16;1-2/h3-10,14H,2,13H2,1H3;1-2H3. The van der Waals surface area contributed by atoms with Crippen molar-refractivity contribution in [2.24, 2.45) is 0 Å². The van der Waals surface area contributed by atoms with Crippen LogP contribution in [0.15, 0.2) is 48.5 Å². The molecule has 1 aliphatic rings. The first kappa shape index (κ1) is 14.4. The molecule has 0 saturated carbocycles. The van der Waals surface area contributed by atoms with Crippen LogP contribution in [0.2, 0.25) is 0 Å². The van der Waals surface area contributed by atoms with Crippen LogP contribution in [-0.2, 0) is 6.42 Å². The van der Waals surface area contributed by atoms with E-state index < -0.39 is 0 Å². The maximum Gasteiger partial charge on any atom is 0.0283 e. The lowest BCUT2D eigenvalue weighted by Gasteiger charge is -2.19. The van der Waals surface area contributed by atoms with Crippen molar-refractivity contribution < 1.29 is 0 Å². The van der Waals surface area contributed by atoms with Crippen molar-refractivity contribution in [1.82, 2.24) is 0 Å². The van der Waals surface area contributed by atoms with Crippen LogP contribution in [-0.4, -0.2) is 0 Å². The maximum absolute atomic E-state index is 3.34. The van der Waals surface area contributed by atoms with Gasteiger partial charge >= 0.3 is 0 Å². The molecule has 0 bridgehead atoms. The van der Waals surface area contributed by atoms with Gasteiger partial charge < -0.3 is 0 Å². The first-order chi connectivity index (χ1) is 9.88. The average Bonchev–Trinajstić information content (AvgIpc) is 2.52. The van der Waals surface area contributed by atoms with Gasteiger partial charge in [0.2, 0.25) is 0 Å². The van der Waals surface area contributed by atoms with E-state index in [2.05, 4.69) is 67.3 Å². The van der Waals surface area contributed by atoms with Gasteiger partial charge in [-0.2, -0.15) is 0 Å². The van der Waals surface area contributed by atoms with Crippen molar-refractivity contribution >= 4 is 0 Å². The fourth-order valence-electron chi connectivity index (χ4n) is 2.66. The van der Waals surface area contributed by atoms with Crippen LogP contribution in [0.3, 0.4) is 0 Å². The van der Waals surface area contributed by atoms with E-state index in [4.69, 9.17) is 0 Å². The van der Waals surface area contributed by atoms with E-state index in [-0.39, 0.29) is 0 Å². The Balaban J connectivity index is 0.000000704. The van der Waals surface area contributed by atoms with Crippen molar-refractivity contribution in [3.63, 3.8) is 0 Å². The first-order valence-corrected chi connectivity index (χ1v) is 7.57. The van der Waals surface area contributed by atoms with Crippen molar-refractivity contribution in [2.45, 2.75) is 39.5 Å². The molecule has 2 aromatic rings. The largest absolute Gasteiger partial charge is 0.0683 e. The number of rotatable bonds is 1. The molecule has 0 nitrogen and oxygen atoms in total. The van der Waals surface area contributed by atoms with Gasteiger partial charge in [-0.15, -0.1) is 0 Å². The molecule has 0 saturated heterocycles. The van der Waals surface area contributed by atoms with Gasteiger partial charge in [-0.05, 0) is 42.0 Å². The second-order valence-corrected chi connectivity index (χ2v) is 4.80. The molecule has 0 heterocycles. The zero-order chi connectivity index (χ0) is 14.4. The van der Waals surface area contributed by atoms with Crippen molar-refractivity contribution in [1.29, 1.82) is 0 Å². The van der Waals surface area contributed by atoms with Crippen LogP contribution in [0.5, 0.6) is 0 Å². The third kappa shape index (κ3) is 2.94. The number of benzene rings is 2. The summed E-state index contributed by atoms with van der Waals surface area (Å²) in [6.45, 7) is 6.26. The first-order valence-electron chi connectivity index (χ1n) is 7.57. The summed E-state index contributed by atoms with van der Waals surface area (Å²) in [7, 11) is 0. The van der Waals surface area contributed by atoms with Crippen LogP contribution in [0.4, 0.5) is 0 Å². The van der Waals surface area contributed by atoms with Crippen LogP contribution in [0.1, 0.15) is 55.4 Å². The Morgan fingerprint density at radius 3 is 2.25 bits per heavy atom. The van der Waals surface area contributed by atoms with Gasteiger partial charge in [-0.3, -0.25) is 0 Å². The number of hydrogen-bond donors (Lipinski definition) is 0. The predicted octanol–water partition coefficient (Wildman–Crippen LogP) is 5.16. The lowest BCUT2D eigenvalue weighted by atomic mass is 9.84. The van der Waals surface area contributed by atoms with E-state index >= 15 is 0 Å². The molecule has 2 aromatic carbocycles. The number of hydrogen-bond acceptors (Lipinski definition) is 0. The molecule has 1 unspecified atom stereocenters. The molecule has 0 aliphatic heterocycles. The molecular formula is C20H22. The third-order valence-electron chi connectivity index (χ3n) is 3.71. The van der Waals surface area contributed by atoms with E-state index in [0.29, 0.717) is 5.92 Å². The van der Waals surface area contributed by atoms with Crippen LogP contribution in [0.25, 0.3) is 0 Å². The highest BCUT2D eigenvalue weighted by Crippen LogP contribution is 2.29. The molecule has 0 N–H and O–H groups in total. The molecule has 1 aliphatic carbocycles. The summed E-state index contributed by atoms with van der Waals surface area (Å²) >= 11 is 0. The fraction of sp³-hybridized carbons (Fsp3) is 0.300. The monoisotopic (exact) mass is 262 g/mol. The van der Waals surface area contributed by atoms with Crippen molar-refractivity contribution in [3.8, 4) is 11.8 Å². The van der Waals surface area contributed by atoms with Gasteiger partial charge in [0.15, 0.2) is 0 Å². The summed E-state index contributed by atoms with van der Waals surface area (Å²) < 4.78 is 0. The van der Waals surface area contributed by atoms with E-state index in [1.54, 1.807) is 0 Å². The predicted molar refractivity (Wildman–Crippen MR) is 86.9 cm³/mol. The molecule has 0 spiro atoms. The summed E-state index contributed by atoms with van der Waals surface area (Å²) in [5.74, 6) is 7.23. The fourth-order valence-corrected chi connectivity index (χ4v) is 2.66. The Morgan fingerprint density at radius 1 is 0.900 bits per heavy atom. The molecule has 20 heavy (non-hydrogen) atoms. The zero-order valence-electron chi connectivity index (χ0n) is 12.6. The Labute approximate surface area is 122 Å². The van der Waals surface area contributed by atoms with Crippen LogP contribution < -0.4 is 0 Å². The summed E-state index contributed by atoms with van der Waals surface area (Å²) in [4.78, 5) is 0. The Hall–Kier alpha value is -2.00. The molecule has 0 fully saturated rings. The van der Waals surface area contributed by atoms with Gasteiger partial charge in [0.05, 0.1) is 0 Å². The van der Waals surface area contributed by atoms with Gasteiger partial charge in [0.25, 0.3) is 0 Å². The Morgan fingerprint density at radius 2 is 1.50 bits per heavy atom. The third-order valence-corrected chi connectivity index (χ3v) is 3.71. The molecule has 3 rings (SSSR count). The highest BCUT2D eigenvalue weighted by molar-refractivity contribution is 5.52. The lowest BCUT2D eigenvalue weighted by Crippen LogP contribution is -2.07. The summed E-state index contributed by atoms with van der Waals surface area (Å²) in [6, 6.07) is 17.1. The Bertz CT molecular complexity index is 626.